The van der Waals surface area contributed by atoms with Crippen molar-refractivity contribution in [1.29, 1.82) is 0 Å². The first-order valence-corrected chi connectivity index (χ1v) is 7.97. The zero-order chi connectivity index (χ0) is 14.7. The van der Waals surface area contributed by atoms with Crippen molar-refractivity contribution >= 4 is 33.4 Å². The second-order valence-electron chi connectivity index (χ2n) is 5.45. The van der Waals surface area contributed by atoms with Gasteiger partial charge in [-0.1, -0.05) is 11.6 Å². The van der Waals surface area contributed by atoms with Gasteiger partial charge < -0.3 is 10.2 Å². The second-order valence-corrected chi connectivity index (χ2v) is 6.72. The van der Waals surface area contributed by atoms with Crippen molar-refractivity contribution in [2.45, 2.75) is 26.3 Å². The Morgan fingerprint density at radius 3 is 3.05 bits per heavy atom. The number of likely N-dealkylation sites (tertiary alicyclic amines) is 1. The molecule has 1 aromatic heterocycles. The van der Waals surface area contributed by atoms with Crippen molar-refractivity contribution < 1.29 is 4.79 Å². The maximum Gasteiger partial charge on any atom is 0.254 e. The highest BCUT2D eigenvalue weighted by atomic mass is 79.9. The minimum Gasteiger partial charge on any atom is -0.352 e. The Hall–Kier alpha value is -0.650. The van der Waals surface area contributed by atoms with Crippen LogP contribution in [-0.2, 0) is 0 Å². The third-order valence-electron chi connectivity index (χ3n) is 3.65. The lowest BCUT2D eigenvalue weighted by Gasteiger charge is -2.20. The minimum absolute atomic E-state index is 0.160. The van der Waals surface area contributed by atoms with E-state index in [4.69, 9.17) is 11.6 Å². The molecule has 6 heteroatoms. The number of halogens is 2. The molecule has 1 atom stereocenters. The zero-order valence-electron chi connectivity index (χ0n) is 11.7. The quantitative estimate of drug-likeness (QED) is 0.840. The number of rotatable bonds is 4. The van der Waals surface area contributed by atoms with Crippen LogP contribution in [0.3, 0.4) is 0 Å². The molecule has 1 fully saturated rings. The van der Waals surface area contributed by atoms with E-state index in [2.05, 4.69) is 45.0 Å². The molecule has 1 aliphatic rings. The van der Waals surface area contributed by atoms with Crippen LogP contribution < -0.4 is 5.32 Å². The van der Waals surface area contributed by atoms with Gasteiger partial charge in [0.05, 0.1) is 5.56 Å². The second kappa shape index (κ2) is 6.87. The average molecular weight is 361 g/mol. The molecule has 2 heterocycles. The molecule has 4 nitrogen and oxygen atoms in total. The molecule has 1 N–H and O–H groups in total. The number of hydrogen-bond acceptors (Lipinski definition) is 3. The summed E-state index contributed by atoms with van der Waals surface area (Å²) in [5.41, 5.74) is 0.416. The molecule has 0 radical (unpaired) electrons. The van der Waals surface area contributed by atoms with E-state index in [9.17, 15) is 4.79 Å². The molecule has 0 bridgehead atoms. The van der Waals surface area contributed by atoms with Crippen LogP contribution in [-0.4, -0.2) is 41.5 Å². The van der Waals surface area contributed by atoms with Gasteiger partial charge in [0.25, 0.3) is 5.91 Å². The van der Waals surface area contributed by atoms with E-state index in [0.717, 1.165) is 24.0 Å². The topological polar surface area (TPSA) is 45.2 Å². The number of aromatic nitrogens is 1. The number of amides is 1. The van der Waals surface area contributed by atoms with E-state index in [1.807, 2.05) is 0 Å². The Morgan fingerprint density at radius 1 is 1.65 bits per heavy atom. The van der Waals surface area contributed by atoms with Gasteiger partial charge in [-0.2, -0.15) is 0 Å². The molecule has 0 saturated carbocycles. The molecule has 20 heavy (non-hydrogen) atoms. The summed E-state index contributed by atoms with van der Waals surface area (Å²) in [6.07, 6.45) is 2.71. The molecule has 110 valence electrons. The fraction of sp³-hybridized carbons (Fsp3) is 0.571. The highest BCUT2D eigenvalue weighted by Crippen LogP contribution is 2.20. The van der Waals surface area contributed by atoms with Crippen LogP contribution in [0.25, 0.3) is 0 Å². The molecular formula is C14H19BrClN3O. The summed E-state index contributed by atoms with van der Waals surface area (Å²) in [5.74, 6) is 0.354. The molecule has 2 rings (SSSR count). The van der Waals surface area contributed by atoms with Crippen molar-refractivity contribution in [3.8, 4) is 0 Å². The molecule has 1 saturated heterocycles. The Bertz CT molecular complexity index is 495. The summed E-state index contributed by atoms with van der Waals surface area (Å²) in [6, 6.07) is 2.26. The number of pyridine rings is 1. The summed E-state index contributed by atoms with van der Waals surface area (Å²) < 4.78 is 0.749. The van der Waals surface area contributed by atoms with Crippen LogP contribution in [0.2, 0.25) is 5.15 Å². The SMILES string of the molecule is CC(C)N1CCC(CNC(=O)c2cc(Br)cnc2Cl)C1. The van der Waals surface area contributed by atoms with Crippen LogP contribution in [0.5, 0.6) is 0 Å². The number of hydrogen-bond donors (Lipinski definition) is 1. The van der Waals surface area contributed by atoms with Crippen LogP contribution in [0, 0.1) is 5.92 Å². The van der Waals surface area contributed by atoms with E-state index >= 15 is 0 Å². The van der Waals surface area contributed by atoms with E-state index < -0.39 is 0 Å². The van der Waals surface area contributed by atoms with E-state index in [-0.39, 0.29) is 11.1 Å². The Morgan fingerprint density at radius 2 is 2.40 bits per heavy atom. The van der Waals surface area contributed by atoms with Crippen LogP contribution in [0.4, 0.5) is 0 Å². The van der Waals surface area contributed by atoms with Gasteiger partial charge in [-0.3, -0.25) is 4.79 Å². The molecule has 0 aromatic carbocycles. The maximum atomic E-state index is 12.1. The predicted octanol–water partition coefficient (Wildman–Crippen LogP) is 2.96. The van der Waals surface area contributed by atoms with Gasteiger partial charge in [-0.05, 0) is 54.7 Å². The molecule has 1 amide bonds. The van der Waals surface area contributed by atoms with Gasteiger partial charge in [0, 0.05) is 29.8 Å². The van der Waals surface area contributed by atoms with Crippen LogP contribution in [0.15, 0.2) is 16.7 Å². The normalized spacial score (nSPS) is 19.6. The van der Waals surface area contributed by atoms with Crippen molar-refractivity contribution in [3.63, 3.8) is 0 Å². The summed E-state index contributed by atoms with van der Waals surface area (Å²) in [4.78, 5) is 18.5. The van der Waals surface area contributed by atoms with E-state index in [0.29, 0.717) is 24.1 Å². The molecular weight excluding hydrogens is 342 g/mol. The lowest BCUT2D eigenvalue weighted by molar-refractivity contribution is 0.0947. The molecule has 0 aliphatic carbocycles. The third kappa shape index (κ3) is 3.93. The molecule has 1 unspecified atom stereocenters. The maximum absolute atomic E-state index is 12.1. The first-order valence-electron chi connectivity index (χ1n) is 6.80. The fourth-order valence-electron chi connectivity index (χ4n) is 2.41. The van der Waals surface area contributed by atoms with Gasteiger partial charge in [-0.15, -0.1) is 0 Å². The lowest BCUT2D eigenvalue weighted by Crippen LogP contribution is -2.33. The van der Waals surface area contributed by atoms with E-state index in [1.165, 1.54) is 0 Å². The van der Waals surface area contributed by atoms with Gasteiger partial charge in [0.1, 0.15) is 5.15 Å². The van der Waals surface area contributed by atoms with Gasteiger partial charge in [-0.25, -0.2) is 4.98 Å². The molecule has 1 aliphatic heterocycles. The summed E-state index contributed by atoms with van der Waals surface area (Å²) >= 11 is 9.25. The number of nitrogens with one attached hydrogen (secondary N) is 1. The first-order chi connectivity index (χ1) is 9.47. The average Bonchev–Trinajstić information content (AvgIpc) is 2.88. The fourth-order valence-corrected chi connectivity index (χ4v) is 2.93. The van der Waals surface area contributed by atoms with Gasteiger partial charge in [0.2, 0.25) is 0 Å². The Labute approximate surface area is 133 Å². The van der Waals surface area contributed by atoms with Gasteiger partial charge >= 0.3 is 0 Å². The summed E-state index contributed by atoms with van der Waals surface area (Å²) in [7, 11) is 0. The predicted molar refractivity (Wildman–Crippen MR) is 84.1 cm³/mol. The van der Waals surface area contributed by atoms with Gasteiger partial charge in [0.15, 0.2) is 0 Å². The Balaban J connectivity index is 1.88. The summed E-state index contributed by atoms with van der Waals surface area (Å²) in [6.45, 7) is 7.24. The van der Waals surface area contributed by atoms with Crippen molar-refractivity contribution in [2.24, 2.45) is 5.92 Å². The van der Waals surface area contributed by atoms with E-state index in [1.54, 1.807) is 12.3 Å². The lowest BCUT2D eigenvalue weighted by atomic mass is 10.1. The standard InChI is InChI=1S/C14H19BrClN3O/c1-9(2)19-4-3-10(8-19)6-18-14(20)12-5-11(15)7-17-13(12)16/h5,7,9-10H,3-4,6,8H2,1-2H3,(H,18,20). The van der Waals surface area contributed by atoms with Crippen molar-refractivity contribution in [2.75, 3.05) is 19.6 Å². The highest BCUT2D eigenvalue weighted by molar-refractivity contribution is 9.10. The molecule has 0 spiro atoms. The van der Waals surface area contributed by atoms with Crippen LogP contribution >= 0.6 is 27.5 Å². The first kappa shape index (κ1) is 15.7. The monoisotopic (exact) mass is 359 g/mol. The number of carbonyl (C=O) groups excluding carboxylic acids is 1. The van der Waals surface area contributed by atoms with Crippen LogP contribution in [0.1, 0.15) is 30.6 Å². The van der Waals surface area contributed by atoms with Crippen molar-refractivity contribution in [1.82, 2.24) is 15.2 Å². The third-order valence-corrected chi connectivity index (χ3v) is 4.38. The highest BCUT2D eigenvalue weighted by Gasteiger charge is 2.24. The molecule has 1 aromatic rings. The Kier molecular flexibility index (Phi) is 5.41. The largest absolute Gasteiger partial charge is 0.352 e. The zero-order valence-corrected chi connectivity index (χ0v) is 14.0. The van der Waals surface area contributed by atoms with Crippen molar-refractivity contribution in [3.05, 3.63) is 27.5 Å². The number of carbonyl (C=O) groups is 1. The summed E-state index contributed by atoms with van der Waals surface area (Å²) in [5, 5.41) is 3.19. The minimum atomic E-state index is -0.160. The smallest absolute Gasteiger partial charge is 0.254 e. The number of nitrogens with zero attached hydrogens (tertiary/aromatic N) is 2.